The Hall–Kier alpha value is -4.84. The number of nitrogens with zero attached hydrogens (tertiary/aromatic N) is 3. The molecule has 1 heterocycles. The van der Waals surface area contributed by atoms with Crippen LogP contribution in [0.15, 0.2) is 82.8 Å². The van der Waals surface area contributed by atoms with Crippen molar-refractivity contribution >= 4 is 29.2 Å². The molecule has 3 aromatic carbocycles. The number of hydrogen-bond donors (Lipinski definition) is 3. The van der Waals surface area contributed by atoms with Gasteiger partial charge in [-0.2, -0.15) is 10.3 Å². The number of ether oxygens (including phenoxy) is 1. The number of rotatable bonds is 3. The Morgan fingerprint density at radius 1 is 1.14 bits per heavy atom. The predicted octanol–water partition coefficient (Wildman–Crippen LogP) is 4.20. The molecule has 8 nitrogen and oxygen atoms in total. The van der Waals surface area contributed by atoms with Gasteiger partial charge in [0.15, 0.2) is 0 Å². The van der Waals surface area contributed by atoms with Gasteiger partial charge in [0.1, 0.15) is 5.82 Å². The molecule has 0 fully saturated rings. The minimum Gasteiger partial charge on any atom is -0.407 e. The number of amidine groups is 1. The van der Waals surface area contributed by atoms with Crippen LogP contribution in [0.25, 0.3) is 0 Å². The molecule has 9 heteroatoms. The number of aliphatic imine (C=N–C) groups is 2. The number of halogens is 1. The molecule has 4 rings (SSSR count). The molecule has 0 saturated heterocycles. The molecule has 1 aliphatic heterocycles. The molecule has 0 aliphatic carbocycles. The smallest absolute Gasteiger partial charge is 0.291 e. The summed E-state index contributed by atoms with van der Waals surface area (Å²) in [5, 5.41) is 20.0. The van der Waals surface area contributed by atoms with Gasteiger partial charge in [0, 0.05) is 16.7 Å². The molecule has 3 aromatic rings. The molecule has 0 bridgehead atoms. The van der Waals surface area contributed by atoms with Crippen molar-refractivity contribution in [1.82, 2.24) is 0 Å². The number of nitrogens with two attached hydrogens (primary N) is 1. The molecule has 0 aromatic heterocycles. The van der Waals surface area contributed by atoms with Crippen molar-refractivity contribution in [2.75, 3.05) is 5.32 Å². The number of benzene rings is 3. The maximum atomic E-state index is 13.1. The van der Waals surface area contributed by atoms with E-state index in [1.54, 1.807) is 48.5 Å². The van der Waals surface area contributed by atoms with Crippen molar-refractivity contribution in [2.24, 2.45) is 15.7 Å². The van der Waals surface area contributed by atoms with Crippen LogP contribution in [-0.4, -0.2) is 29.7 Å². The predicted molar refractivity (Wildman–Crippen MR) is 133 cm³/mol. The van der Waals surface area contributed by atoms with Gasteiger partial charge >= 0.3 is 0 Å². The van der Waals surface area contributed by atoms with E-state index in [4.69, 9.17) is 15.9 Å². The van der Waals surface area contributed by atoms with Gasteiger partial charge in [-0.25, -0.2) is 9.38 Å². The summed E-state index contributed by atoms with van der Waals surface area (Å²) in [5.74, 6) is -1.36. The third kappa shape index (κ3) is 5.94. The SMILES string of the molecule is CC.N#Cc1cccc(C2=NC(/N=C(\N)OC(=N)c3ccc(F)cc3)C(=O)Nc3ccccc32)c1. The Morgan fingerprint density at radius 3 is 2.57 bits per heavy atom. The highest BCUT2D eigenvalue weighted by atomic mass is 19.1. The standard InChI is InChI=1S/C24H17FN6O2.C2H6/c25-17-10-8-15(9-11-17)21(27)33-24(28)31-22-23(32)29-19-7-2-1-6-18(19)20(30-22)16-5-3-4-14(12-16)13-26;1-2/h1-12,22,27H,(H2,28,31)(H,29,32);1-2H3. The molecule has 4 N–H and O–H groups in total. The quantitative estimate of drug-likeness (QED) is 0.390. The van der Waals surface area contributed by atoms with E-state index in [2.05, 4.69) is 21.4 Å². The highest BCUT2D eigenvalue weighted by Crippen LogP contribution is 2.25. The summed E-state index contributed by atoms with van der Waals surface area (Å²) < 4.78 is 18.3. The summed E-state index contributed by atoms with van der Waals surface area (Å²) in [4.78, 5) is 21.4. The molecule has 1 atom stereocenters. The van der Waals surface area contributed by atoms with Gasteiger partial charge in [0.2, 0.25) is 12.1 Å². The molecule has 1 aliphatic rings. The van der Waals surface area contributed by atoms with Crippen LogP contribution in [-0.2, 0) is 9.53 Å². The maximum Gasteiger partial charge on any atom is 0.291 e. The number of para-hydroxylation sites is 1. The average molecular weight is 471 g/mol. The Labute approximate surface area is 202 Å². The van der Waals surface area contributed by atoms with Gasteiger partial charge in [-0.05, 0) is 42.5 Å². The van der Waals surface area contributed by atoms with E-state index in [1.807, 2.05) is 13.8 Å². The monoisotopic (exact) mass is 470 g/mol. The van der Waals surface area contributed by atoms with E-state index in [1.165, 1.54) is 24.3 Å². The lowest BCUT2D eigenvalue weighted by Crippen LogP contribution is -2.29. The molecular weight excluding hydrogens is 447 g/mol. The Kier molecular flexibility index (Phi) is 8.03. The number of carbonyl (C=O) groups is 1. The summed E-state index contributed by atoms with van der Waals surface area (Å²) in [7, 11) is 0. The first-order valence-corrected chi connectivity index (χ1v) is 10.8. The molecule has 1 unspecified atom stereocenters. The maximum absolute atomic E-state index is 13.1. The number of hydrogen-bond acceptors (Lipinski definition) is 6. The number of carbonyl (C=O) groups excluding carboxylic acids is 1. The van der Waals surface area contributed by atoms with E-state index in [9.17, 15) is 14.4 Å². The van der Waals surface area contributed by atoms with E-state index < -0.39 is 23.9 Å². The zero-order valence-corrected chi connectivity index (χ0v) is 19.1. The van der Waals surface area contributed by atoms with Gasteiger partial charge in [0.25, 0.3) is 11.9 Å². The van der Waals surface area contributed by atoms with Gasteiger partial charge < -0.3 is 15.8 Å². The van der Waals surface area contributed by atoms with E-state index in [0.717, 1.165) is 0 Å². The normalized spacial score (nSPS) is 14.7. The first kappa shape index (κ1) is 24.8. The third-order valence-electron chi connectivity index (χ3n) is 4.75. The first-order valence-electron chi connectivity index (χ1n) is 10.8. The van der Waals surface area contributed by atoms with Gasteiger partial charge in [-0.3, -0.25) is 10.2 Å². The number of amides is 1. The third-order valence-corrected chi connectivity index (χ3v) is 4.75. The summed E-state index contributed by atoms with van der Waals surface area (Å²) in [6.07, 6.45) is -1.31. The van der Waals surface area contributed by atoms with Crippen LogP contribution in [0.1, 0.15) is 36.1 Å². The van der Waals surface area contributed by atoms with Crippen LogP contribution >= 0.6 is 0 Å². The largest absolute Gasteiger partial charge is 0.407 e. The van der Waals surface area contributed by atoms with Crippen LogP contribution in [0.5, 0.6) is 0 Å². The summed E-state index contributed by atoms with van der Waals surface area (Å²) >= 11 is 0. The second-order valence-corrected chi connectivity index (χ2v) is 6.98. The van der Waals surface area contributed by atoms with E-state index in [-0.39, 0.29) is 11.5 Å². The molecule has 0 spiro atoms. The van der Waals surface area contributed by atoms with Gasteiger partial charge in [-0.15, -0.1) is 0 Å². The number of anilines is 1. The van der Waals surface area contributed by atoms with E-state index >= 15 is 0 Å². The molecule has 0 radical (unpaired) electrons. The van der Waals surface area contributed by atoms with Gasteiger partial charge in [-0.1, -0.05) is 44.2 Å². The highest BCUT2D eigenvalue weighted by Gasteiger charge is 2.26. The van der Waals surface area contributed by atoms with Crippen LogP contribution < -0.4 is 11.1 Å². The zero-order chi connectivity index (χ0) is 25.4. The summed E-state index contributed by atoms with van der Waals surface area (Å²) in [5.41, 5.74) is 8.80. The van der Waals surface area contributed by atoms with Gasteiger partial charge in [0.05, 0.1) is 23.0 Å². The highest BCUT2D eigenvalue weighted by molar-refractivity contribution is 6.19. The van der Waals surface area contributed by atoms with Crippen molar-refractivity contribution in [3.63, 3.8) is 0 Å². The topological polar surface area (TPSA) is 137 Å². The number of nitrogens with one attached hydrogen (secondary N) is 2. The molecular formula is C26H23FN6O2. The second kappa shape index (κ2) is 11.3. The number of fused-ring (bicyclic) bond motifs is 1. The molecule has 0 saturated carbocycles. The minimum atomic E-state index is -1.31. The fourth-order valence-corrected chi connectivity index (χ4v) is 3.21. The Bertz CT molecular complexity index is 1340. The van der Waals surface area contributed by atoms with Crippen LogP contribution in [0.4, 0.5) is 10.1 Å². The number of nitriles is 1. The summed E-state index contributed by atoms with van der Waals surface area (Å²) in [6, 6.07) is 20.6. The lowest BCUT2D eigenvalue weighted by molar-refractivity contribution is -0.117. The molecule has 176 valence electrons. The van der Waals surface area contributed by atoms with Crippen molar-refractivity contribution in [1.29, 1.82) is 10.7 Å². The average Bonchev–Trinajstić information content (AvgIpc) is 3.01. The zero-order valence-electron chi connectivity index (χ0n) is 19.1. The van der Waals surface area contributed by atoms with E-state index in [0.29, 0.717) is 28.1 Å². The first-order chi connectivity index (χ1) is 16.9. The Balaban J connectivity index is 0.00000167. The second-order valence-electron chi connectivity index (χ2n) is 6.98. The minimum absolute atomic E-state index is 0.282. The van der Waals surface area contributed by atoms with Crippen LogP contribution in [0.3, 0.4) is 0 Å². The fraction of sp³-hybridized carbons (Fsp3) is 0.115. The van der Waals surface area contributed by atoms with Crippen LogP contribution in [0, 0.1) is 22.6 Å². The van der Waals surface area contributed by atoms with Crippen molar-refractivity contribution in [3.05, 3.63) is 101 Å². The lowest BCUT2D eigenvalue weighted by atomic mass is 9.99. The van der Waals surface area contributed by atoms with Crippen molar-refractivity contribution in [2.45, 2.75) is 20.0 Å². The van der Waals surface area contributed by atoms with Crippen molar-refractivity contribution < 1.29 is 13.9 Å². The van der Waals surface area contributed by atoms with Crippen LogP contribution in [0.2, 0.25) is 0 Å². The molecule has 35 heavy (non-hydrogen) atoms. The van der Waals surface area contributed by atoms with Crippen molar-refractivity contribution in [3.8, 4) is 6.07 Å². The molecule has 1 amide bonds. The summed E-state index contributed by atoms with van der Waals surface area (Å²) in [6.45, 7) is 4.00. The Morgan fingerprint density at radius 2 is 1.86 bits per heavy atom. The number of benzodiazepines with no additional fused rings is 1. The fourth-order valence-electron chi connectivity index (χ4n) is 3.21. The lowest BCUT2D eigenvalue weighted by Gasteiger charge is -2.10.